The third-order valence-corrected chi connectivity index (χ3v) is 5.70. The van der Waals surface area contributed by atoms with E-state index in [0.717, 1.165) is 44.1 Å². The first-order valence-corrected chi connectivity index (χ1v) is 12.8. The third-order valence-electron chi connectivity index (χ3n) is 5.70. The molecule has 4 heteroatoms. The zero-order valence-corrected chi connectivity index (χ0v) is 21.3. The zero-order chi connectivity index (χ0) is 23.8. The molecule has 0 radical (unpaired) electrons. The summed E-state index contributed by atoms with van der Waals surface area (Å²) < 4.78 is 11.4. The number of rotatable bonds is 16. The molecule has 0 heterocycles. The molecule has 0 saturated carbocycles. The molecule has 1 aromatic carbocycles. The average Bonchev–Trinajstić information content (AvgIpc) is 2.73. The molecule has 0 bridgehead atoms. The fraction of sp³-hybridized carbons (Fsp3) is 0.714. The van der Waals surface area contributed by atoms with Gasteiger partial charge in [0.2, 0.25) is 0 Å². The zero-order valence-electron chi connectivity index (χ0n) is 21.3. The Morgan fingerprint density at radius 1 is 0.688 bits per heavy atom. The predicted molar refractivity (Wildman–Crippen MR) is 132 cm³/mol. The van der Waals surface area contributed by atoms with Crippen LogP contribution in [0, 0.1) is 0 Å². The van der Waals surface area contributed by atoms with Gasteiger partial charge in [0, 0.05) is 18.4 Å². The summed E-state index contributed by atoms with van der Waals surface area (Å²) in [5.74, 6) is 0.224. The smallest absolute Gasteiger partial charge is 0.311 e. The summed E-state index contributed by atoms with van der Waals surface area (Å²) >= 11 is 0. The highest BCUT2D eigenvalue weighted by Crippen LogP contribution is 2.39. The number of para-hydroxylation sites is 1. The van der Waals surface area contributed by atoms with E-state index >= 15 is 0 Å². The van der Waals surface area contributed by atoms with Crippen LogP contribution in [0.3, 0.4) is 0 Å². The lowest BCUT2D eigenvalue weighted by Crippen LogP contribution is -2.18. The van der Waals surface area contributed by atoms with Gasteiger partial charge in [0.05, 0.1) is 0 Å². The van der Waals surface area contributed by atoms with E-state index in [1.807, 2.05) is 12.1 Å². The number of esters is 2. The Hall–Kier alpha value is -1.84. The number of ether oxygens (including phenoxy) is 2. The van der Waals surface area contributed by atoms with Gasteiger partial charge in [0.15, 0.2) is 11.5 Å². The molecule has 32 heavy (non-hydrogen) atoms. The first kappa shape index (κ1) is 28.2. The van der Waals surface area contributed by atoms with Crippen LogP contribution in [0.2, 0.25) is 0 Å². The van der Waals surface area contributed by atoms with Gasteiger partial charge in [-0.15, -0.1) is 0 Å². The van der Waals surface area contributed by atoms with Crippen molar-refractivity contribution in [2.75, 3.05) is 0 Å². The Morgan fingerprint density at radius 3 is 1.66 bits per heavy atom. The van der Waals surface area contributed by atoms with E-state index in [1.54, 1.807) is 6.07 Å². The van der Waals surface area contributed by atoms with E-state index in [1.165, 1.54) is 38.5 Å². The Morgan fingerprint density at radius 2 is 1.16 bits per heavy atom. The van der Waals surface area contributed by atoms with Crippen LogP contribution < -0.4 is 9.47 Å². The molecule has 0 N–H and O–H groups in total. The lowest BCUT2D eigenvalue weighted by Gasteiger charge is -2.23. The minimum Gasteiger partial charge on any atom is -0.423 e. The molecule has 0 aliphatic heterocycles. The number of hydrogen-bond donors (Lipinski definition) is 0. The van der Waals surface area contributed by atoms with E-state index in [4.69, 9.17) is 9.47 Å². The van der Waals surface area contributed by atoms with E-state index in [9.17, 15) is 9.59 Å². The Balaban J connectivity index is 2.71. The Labute approximate surface area is 196 Å². The summed E-state index contributed by atoms with van der Waals surface area (Å²) in [7, 11) is 0. The number of carbonyl (C=O) groups is 2. The molecule has 0 aromatic heterocycles. The second-order valence-electron chi connectivity index (χ2n) is 9.87. The average molecular weight is 447 g/mol. The second-order valence-corrected chi connectivity index (χ2v) is 9.87. The van der Waals surface area contributed by atoms with Crippen molar-refractivity contribution in [1.29, 1.82) is 0 Å². The summed E-state index contributed by atoms with van der Waals surface area (Å²) in [6, 6.07) is 5.53. The van der Waals surface area contributed by atoms with E-state index in [-0.39, 0.29) is 17.4 Å². The molecule has 0 aliphatic rings. The molecule has 1 aromatic rings. The van der Waals surface area contributed by atoms with Crippen LogP contribution in [0.4, 0.5) is 0 Å². The highest BCUT2D eigenvalue weighted by Gasteiger charge is 2.25. The fourth-order valence-corrected chi connectivity index (χ4v) is 3.73. The van der Waals surface area contributed by atoms with Crippen molar-refractivity contribution >= 4 is 11.9 Å². The molecule has 0 spiro atoms. The van der Waals surface area contributed by atoms with Gasteiger partial charge in [-0.25, -0.2) is 0 Å². The van der Waals surface area contributed by atoms with Crippen molar-refractivity contribution in [2.24, 2.45) is 0 Å². The highest BCUT2D eigenvalue weighted by molar-refractivity contribution is 5.77. The molecular weight excluding hydrogens is 400 g/mol. The van der Waals surface area contributed by atoms with E-state index in [0.29, 0.717) is 24.3 Å². The Bertz CT molecular complexity index is 673. The molecule has 0 fully saturated rings. The molecule has 4 nitrogen and oxygen atoms in total. The van der Waals surface area contributed by atoms with Crippen molar-refractivity contribution in [3.8, 4) is 11.5 Å². The van der Waals surface area contributed by atoms with Crippen molar-refractivity contribution in [1.82, 2.24) is 0 Å². The highest BCUT2D eigenvalue weighted by atomic mass is 16.6. The first-order valence-electron chi connectivity index (χ1n) is 12.8. The summed E-state index contributed by atoms with van der Waals surface area (Å²) in [5, 5.41) is 0. The quantitative estimate of drug-likeness (QED) is 0.146. The normalized spacial score (nSPS) is 11.4. The first-order chi connectivity index (χ1) is 15.3. The maximum absolute atomic E-state index is 12.6. The van der Waals surface area contributed by atoms with Gasteiger partial charge >= 0.3 is 11.9 Å². The molecule has 0 aliphatic carbocycles. The van der Waals surface area contributed by atoms with Crippen molar-refractivity contribution in [3.63, 3.8) is 0 Å². The molecule has 1 rings (SSSR count). The molecule has 0 atom stereocenters. The Kier molecular flexibility index (Phi) is 14.0. The second kappa shape index (κ2) is 15.9. The maximum Gasteiger partial charge on any atom is 0.311 e. The monoisotopic (exact) mass is 446 g/mol. The van der Waals surface area contributed by atoms with Crippen LogP contribution in [-0.2, 0) is 15.0 Å². The van der Waals surface area contributed by atoms with Gasteiger partial charge in [0.1, 0.15) is 0 Å². The van der Waals surface area contributed by atoms with Crippen LogP contribution in [0.5, 0.6) is 11.5 Å². The summed E-state index contributed by atoms with van der Waals surface area (Å²) in [5.41, 5.74) is 0.635. The summed E-state index contributed by atoms with van der Waals surface area (Å²) in [4.78, 5) is 25.0. The van der Waals surface area contributed by atoms with Crippen LogP contribution in [-0.4, -0.2) is 11.9 Å². The van der Waals surface area contributed by atoms with Gasteiger partial charge in [-0.3, -0.25) is 9.59 Å². The minimum absolute atomic E-state index is 0.239. The van der Waals surface area contributed by atoms with Crippen LogP contribution in [0.1, 0.15) is 130 Å². The van der Waals surface area contributed by atoms with Gasteiger partial charge < -0.3 is 9.47 Å². The molecule has 0 unspecified atom stereocenters. The molecular formula is C28H46O4. The SMILES string of the molecule is CCCCCCCCC(=O)Oc1cccc(C(C)(C)C)c1OC(=O)CCCCCCCC. The fourth-order valence-electron chi connectivity index (χ4n) is 3.73. The number of benzene rings is 1. The third kappa shape index (κ3) is 11.7. The van der Waals surface area contributed by atoms with Crippen molar-refractivity contribution < 1.29 is 19.1 Å². The summed E-state index contributed by atoms with van der Waals surface area (Å²) in [6.07, 6.45) is 14.2. The predicted octanol–water partition coefficient (Wildman–Crippen LogP) is 8.30. The van der Waals surface area contributed by atoms with Crippen LogP contribution in [0.25, 0.3) is 0 Å². The van der Waals surface area contributed by atoms with Gasteiger partial charge in [-0.1, -0.05) is 111 Å². The lowest BCUT2D eigenvalue weighted by atomic mass is 9.86. The van der Waals surface area contributed by atoms with E-state index in [2.05, 4.69) is 34.6 Å². The van der Waals surface area contributed by atoms with Crippen molar-refractivity contribution in [2.45, 2.75) is 130 Å². The van der Waals surface area contributed by atoms with Gasteiger partial charge in [0.25, 0.3) is 0 Å². The summed E-state index contributed by atoms with van der Waals surface area (Å²) in [6.45, 7) is 10.6. The van der Waals surface area contributed by atoms with Crippen molar-refractivity contribution in [3.05, 3.63) is 23.8 Å². The van der Waals surface area contributed by atoms with Crippen LogP contribution >= 0.6 is 0 Å². The number of unbranched alkanes of at least 4 members (excludes halogenated alkanes) is 10. The molecule has 0 amide bonds. The number of hydrogen-bond acceptors (Lipinski definition) is 4. The lowest BCUT2D eigenvalue weighted by molar-refractivity contribution is -0.137. The topological polar surface area (TPSA) is 52.6 Å². The maximum atomic E-state index is 12.6. The largest absolute Gasteiger partial charge is 0.423 e. The number of carbonyl (C=O) groups excluding carboxylic acids is 2. The molecule has 182 valence electrons. The van der Waals surface area contributed by atoms with Gasteiger partial charge in [-0.05, 0) is 24.3 Å². The minimum atomic E-state index is -0.264. The van der Waals surface area contributed by atoms with Gasteiger partial charge in [-0.2, -0.15) is 0 Å². The molecule has 0 saturated heterocycles. The van der Waals surface area contributed by atoms with E-state index < -0.39 is 0 Å². The standard InChI is InChI=1S/C28H46O4/c1-6-8-10-12-14-16-21-25(29)31-24-20-18-19-23(28(3,4)5)27(24)32-26(30)22-17-15-13-11-9-7-2/h18-20H,6-17,21-22H2,1-5H3. The van der Waals surface area contributed by atoms with Crippen LogP contribution in [0.15, 0.2) is 18.2 Å².